The summed E-state index contributed by atoms with van der Waals surface area (Å²) in [5.74, 6) is -7.95. The number of carboxylic acid groups (broad SMARTS) is 1. The molecule has 0 aliphatic heterocycles. The molecule has 0 amide bonds. The van der Waals surface area contributed by atoms with Crippen molar-refractivity contribution < 1.29 is 39.9 Å². The molecule has 8 nitrogen and oxygen atoms in total. The van der Waals surface area contributed by atoms with E-state index in [4.69, 9.17) is 0 Å². The summed E-state index contributed by atoms with van der Waals surface area (Å²) < 4.78 is 0. The summed E-state index contributed by atoms with van der Waals surface area (Å²) in [5, 5.41) is 51.3. The van der Waals surface area contributed by atoms with Gasteiger partial charge in [-0.05, 0) is 29.8 Å². The van der Waals surface area contributed by atoms with Crippen molar-refractivity contribution in [3.8, 4) is 0 Å². The maximum Gasteiger partial charge on any atom is 0.316 e. The van der Waals surface area contributed by atoms with Crippen molar-refractivity contribution in [2.75, 3.05) is 0 Å². The zero-order chi connectivity index (χ0) is 19.8. The van der Waals surface area contributed by atoms with Crippen molar-refractivity contribution in [1.82, 2.24) is 0 Å². The lowest BCUT2D eigenvalue weighted by atomic mass is 9.64. The van der Waals surface area contributed by atoms with Gasteiger partial charge in [0, 0.05) is 16.7 Å². The molecule has 0 aromatic heterocycles. The van der Waals surface area contributed by atoms with Crippen LogP contribution in [0.3, 0.4) is 0 Å². The minimum atomic E-state index is -2.83. The Morgan fingerprint density at radius 2 is 1.41 bits per heavy atom. The van der Waals surface area contributed by atoms with Crippen molar-refractivity contribution in [3.05, 3.63) is 64.8 Å². The minimum absolute atomic E-state index is 0.113. The normalized spacial score (nSPS) is 32.7. The molecule has 5 N–H and O–H groups in total. The number of fused-ring (bicyclic) bond motifs is 3. The maximum absolute atomic E-state index is 12.9. The quantitative estimate of drug-likeness (QED) is 0.416. The highest BCUT2D eigenvalue weighted by atomic mass is 16.5. The van der Waals surface area contributed by atoms with E-state index < -0.39 is 40.4 Å². The second-order valence-electron chi connectivity index (χ2n) is 6.80. The first-order valence-corrected chi connectivity index (χ1v) is 8.00. The number of aliphatic hydroxyl groups is 4. The van der Waals surface area contributed by atoms with E-state index in [0.717, 1.165) is 24.3 Å². The monoisotopic (exact) mass is 370 g/mol. The molecular formula is C19H14O8. The number of carboxylic acids is 1. The van der Waals surface area contributed by atoms with Crippen LogP contribution < -0.4 is 0 Å². The van der Waals surface area contributed by atoms with Crippen LogP contribution in [0.4, 0.5) is 0 Å². The molecule has 8 heteroatoms. The van der Waals surface area contributed by atoms with E-state index in [-0.39, 0.29) is 22.3 Å². The van der Waals surface area contributed by atoms with E-state index in [1.807, 2.05) is 0 Å². The van der Waals surface area contributed by atoms with Gasteiger partial charge in [-0.1, -0.05) is 24.3 Å². The molecule has 3 aliphatic rings. The average Bonchev–Trinajstić information content (AvgIpc) is 2.60. The van der Waals surface area contributed by atoms with Gasteiger partial charge in [-0.3, -0.25) is 14.4 Å². The number of rotatable bonds is 1. The Balaban J connectivity index is 1.98. The highest BCUT2D eigenvalue weighted by Gasteiger charge is 2.62. The number of hydrogen-bond donors (Lipinski definition) is 5. The molecule has 0 fully saturated rings. The third-order valence-corrected chi connectivity index (χ3v) is 5.30. The van der Waals surface area contributed by atoms with Gasteiger partial charge >= 0.3 is 5.97 Å². The molecule has 0 heterocycles. The summed E-state index contributed by atoms with van der Waals surface area (Å²) in [6.45, 7) is 0. The Kier molecular flexibility index (Phi) is 3.29. The number of hydrogen-bond acceptors (Lipinski definition) is 7. The summed E-state index contributed by atoms with van der Waals surface area (Å²) in [5.41, 5.74) is -5.76. The van der Waals surface area contributed by atoms with Crippen molar-refractivity contribution >= 4 is 23.6 Å². The lowest BCUT2D eigenvalue weighted by Crippen LogP contribution is -2.65. The Hall–Kier alpha value is -2.91. The third kappa shape index (κ3) is 1.98. The van der Waals surface area contributed by atoms with Crippen LogP contribution in [0, 0.1) is 5.92 Å². The fraction of sp³-hybridized carbons (Fsp3) is 0.211. The highest BCUT2D eigenvalue weighted by Crippen LogP contribution is 2.44. The first-order valence-electron chi connectivity index (χ1n) is 8.00. The van der Waals surface area contributed by atoms with Crippen LogP contribution in [0.25, 0.3) is 6.08 Å². The van der Waals surface area contributed by atoms with E-state index in [2.05, 4.69) is 0 Å². The molecule has 0 radical (unpaired) electrons. The number of allylic oxidation sites excluding steroid dienone is 2. The van der Waals surface area contributed by atoms with Crippen LogP contribution in [0.15, 0.2) is 42.5 Å². The van der Waals surface area contributed by atoms with Gasteiger partial charge in [-0.15, -0.1) is 0 Å². The van der Waals surface area contributed by atoms with Crippen LogP contribution in [0.1, 0.15) is 31.8 Å². The summed E-state index contributed by atoms with van der Waals surface area (Å²) in [4.78, 5) is 37.0. The Labute approximate surface area is 152 Å². The number of carbonyl (C=O) groups is 3. The van der Waals surface area contributed by atoms with Gasteiger partial charge < -0.3 is 25.5 Å². The van der Waals surface area contributed by atoms with Crippen LogP contribution in [0.2, 0.25) is 0 Å². The molecule has 138 valence electrons. The Bertz CT molecular complexity index is 1010. The lowest BCUT2D eigenvalue weighted by molar-refractivity contribution is -0.208. The van der Waals surface area contributed by atoms with Gasteiger partial charge in [-0.25, -0.2) is 0 Å². The average molecular weight is 370 g/mol. The second-order valence-corrected chi connectivity index (χ2v) is 6.80. The first-order chi connectivity index (χ1) is 12.5. The molecule has 3 aliphatic carbocycles. The van der Waals surface area contributed by atoms with Crippen LogP contribution in [-0.4, -0.2) is 54.3 Å². The fourth-order valence-corrected chi connectivity index (χ4v) is 3.76. The first kappa shape index (κ1) is 17.5. The summed E-state index contributed by atoms with van der Waals surface area (Å²) in [6.07, 6.45) is 6.98. The molecule has 0 saturated heterocycles. The molecule has 0 saturated carbocycles. The number of carbonyl (C=O) groups excluding carboxylic acids is 2. The molecular weight excluding hydrogens is 356 g/mol. The van der Waals surface area contributed by atoms with Crippen molar-refractivity contribution in [3.63, 3.8) is 0 Å². The summed E-state index contributed by atoms with van der Waals surface area (Å²) >= 11 is 0. The fourth-order valence-electron chi connectivity index (χ4n) is 3.76. The minimum Gasteiger partial charge on any atom is -0.481 e. The highest BCUT2D eigenvalue weighted by molar-refractivity contribution is 6.24. The zero-order valence-electron chi connectivity index (χ0n) is 13.7. The van der Waals surface area contributed by atoms with Gasteiger partial charge in [0.15, 0.2) is 11.2 Å². The number of benzene rings is 1. The molecule has 4 rings (SSSR count). The van der Waals surface area contributed by atoms with E-state index in [9.17, 15) is 39.9 Å². The standard InChI is InChI=1S/C19H14O8/c20-14-10-7-9-3-4-12(16(22)23)19(26,27)13(9)8-11(10)15(21)18(25)6-2-1-5-17(14,18)24/h1-8,12,24-27H,(H,22,23). The predicted octanol–water partition coefficient (Wildman–Crippen LogP) is -0.481. The van der Waals surface area contributed by atoms with Gasteiger partial charge in [0.2, 0.25) is 17.4 Å². The summed E-state index contributed by atoms with van der Waals surface area (Å²) in [7, 11) is 0. The van der Waals surface area contributed by atoms with Gasteiger partial charge in [0.05, 0.1) is 0 Å². The number of ketones is 2. The smallest absolute Gasteiger partial charge is 0.316 e. The van der Waals surface area contributed by atoms with Gasteiger partial charge in [0.1, 0.15) is 5.92 Å². The molecule has 3 atom stereocenters. The van der Waals surface area contributed by atoms with Crippen LogP contribution in [-0.2, 0) is 10.6 Å². The molecule has 27 heavy (non-hydrogen) atoms. The van der Waals surface area contributed by atoms with Crippen molar-refractivity contribution in [2.24, 2.45) is 5.92 Å². The molecule has 1 aromatic carbocycles. The van der Waals surface area contributed by atoms with Gasteiger partial charge in [0.25, 0.3) is 0 Å². The zero-order valence-corrected chi connectivity index (χ0v) is 13.7. The van der Waals surface area contributed by atoms with E-state index in [1.54, 1.807) is 0 Å². The Morgan fingerprint density at radius 1 is 0.889 bits per heavy atom. The number of aliphatic carboxylic acids is 1. The predicted molar refractivity (Wildman–Crippen MR) is 89.6 cm³/mol. The van der Waals surface area contributed by atoms with E-state index in [1.165, 1.54) is 24.3 Å². The molecule has 1 aromatic rings. The van der Waals surface area contributed by atoms with Crippen molar-refractivity contribution in [1.29, 1.82) is 0 Å². The molecule has 0 bridgehead atoms. The number of Topliss-reactive ketones (excluding diaryl/α,β-unsaturated/α-hetero) is 2. The maximum atomic E-state index is 12.9. The largest absolute Gasteiger partial charge is 0.481 e. The second kappa shape index (κ2) is 5.08. The SMILES string of the molecule is O=C(O)C1C=Cc2cc3c(cc2C1(O)O)C(=O)C1(O)C=CC=CC1(O)C3=O. The van der Waals surface area contributed by atoms with Crippen LogP contribution >= 0.6 is 0 Å². The van der Waals surface area contributed by atoms with E-state index >= 15 is 0 Å². The van der Waals surface area contributed by atoms with E-state index in [0.29, 0.717) is 0 Å². The Morgan fingerprint density at radius 3 is 1.93 bits per heavy atom. The summed E-state index contributed by atoms with van der Waals surface area (Å²) in [6, 6.07) is 2.15. The van der Waals surface area contributed by atoms with Gasteiger partial charge in [-0.2, -0.15) is 0 Å². The molecule has 0 spiro atoms. The topological polar surface area (TPSA) is 152 Å². The lowest BCUT2D eigenvalue weighted by Gasteiger charge is -2.43. The van der Waals surface area contributed by atoms with Crippen LogP contribution in [0.5, 0.6) is 0 Å². The van der Waals surface area contributed by atoms with Crippen molar-refractivity contribution in [2.45, 2.75) is 17.0 Å². The molecule has 3 unspecified atom stereocenters. The third-order valence-electron chi connectivity index (χ3n) is 5.30.